The molecule has 2 aliphatic heterocycles. The Balaban J connectivity index is 1.35. The van der Waals surface area contributed by atoms with Gasteiger partial charge in [0.15, 0.2) is 6.29 Å². The molecular formula is C25H25F3N6O3. The number of hydrogen-bond acceptors (Lipinski definition) is 8. The number of methoxy groups -OCH3 is 1. The molecule has 1 aromatic heterocycles. The van der Waals surface area contributed by atoms with E-state index in [0.717, 1.165) is 24.0 Å². The summed E-state index contributed by atoms with van der Waals surface area (Å²) in [4.78, 5) is 21.7. The van der Waals surface area contributed by atoms with Crippen molar-refractivity contribution < 1.29 is 27.4 Å². The molecule has 1 saturated heterocycles. The quantitative estimate of drug-likeness (QED) is 0.436. The third-order valence-electron chi connectivity index (χ3n) is 6.14. The molecule has 2 aliphatic rings. The standard InChI is InChI=1S/C25H25F3N6O3/c1-36-22-14-34(10-11-37-22)18-6-3-16(4-7-18)31-24-29-13-19(25(26,27)28)23(33-24)30-17-5-8-20-15(12-17)2-9-21(35)32-20/h3-8,12-13,22H,2,9-11,14H2,1H3,(H,32,35)(H2,29,30,31,33). The van der Waals surface area contributed by atoms with Crippen molar-refractivity contribution in [2.24, 2.45) is 0 Å². The molecule has 194 valence electrons. The van der Waals surface area contributed by atoms with Crippen molar-refractivity contribution in [3.63, 3.8) is 0 Å². The SMILES string of the molecule is COC1CN(c2ccc(Nc3ncc(C(F)(F)F)c(Nc4ccc5c(c4)CCC(=O)N5)n3)cc2)CCO1. The minimum Gasteiger partial charge on any atom is -0.364 e. The predicted molar refractivity (Wildman–Crippen MR) is 132 cm³/mol. The molecule has 0 radical (unpaired) electrons. The first-order chi connectivity index (χ1) is 17.8. The van der Waals surface area contributed by atoms with Crippen LogP contribution in [0.1, 0.15) is 17.5 Å². The largest absolute Gasteiger partial charge is 0.421 e. The lowest BCUT2D eigenvalue weighted by Crippen LogP contribution is -2.43. The van der Waals surface area contributed by atoms with E-state index in [1.165, 1.54) is 0 Å². The van der Waals surface area contributed by atoms with E-state index in [9.17, 15) is 18.0 Å². The number of benzene rings is 2. The zero-order valence-corrected chi connectivity index (χ0v) is 19.9. The summed E-state index contributed by atoms with van der Waals surface area (Å²) in [5.74, 6) is -0.448. The number of halogens is 3. The maximum absolute atomic E-state index is 13.7. The van der Waals surface area contributed by atoms with E-state index < -0.39 is 11.7 Å². The van der Waals surface area contributed by atoms with Gasteiger partial charge in [-0.15, -0.1) is 0 Å². The Hall–Kier alpha value is -3.90. The maximum Gasteiger partial charge on any atom is 0.421 e. The number of nitrogens with one attached hydrogen (secondary N) is 3. The average Bonchev–Trinajstić information content (AvgIpc) is 2.89. The summed E-state index contributed by atoms with van der Waals surface area (Å²) in [6, 6.07) is 12.4. The average molecular weight is 515 g/mol. The van der Waals surface area contributed by atoms with Crippen LogP contribution in [0.25, 0.3) is 0 Å². The predicted octanol–water partition coefficient (Wildman–Crippen LogP) is 4.68. The first-order valence-corrected chi connectivity index (χ1v) is 11.7. The number of nitrogens with zero attached hydrogens (tertiary/aromatic N) is 3. The van der Waals surface area contributed by atoms with Gasteiger partial charge in [0, 0.05) is 49.0 Å². The fraction of sp³-hybridized carbons (Fsp3) is 0.320. The molecule has 0 bridgehead atoms. The molecule has 3 N–H and O–H groups in total. The molecule has 12 heteroatoms. The smallest absolute Gasteiger partial charge is 0.364 e. The van der Waals surface area contributed by atoms with Crippen LogP contribution in [0.2, 0.25) is 0 Å². The molecule has 0 spiro atoms. The van der Waals surface area contributed by atoms with Gasteiger partial charge in [0.05, 0.1) is 13.2 Å². The van der Waals surface area contributed by atoms with Gasteiger partial charge >= 0.3 is 6.18 Å². The molecule has 1 unspecified atom stereocenters. The van der Waals surface area contributed by atoms with E-state index in [1.54, 1.807) is 37.4 Å². The van der Waals surface area contributed by atoms with Crippen LogP contribution in [0.4, 0.5) is 47.7 Å². The summed E-state index contributed by atoms with van der Waals surface area (Å²) in [5, 5.41) is 8.50. The highest BCUT2D eigenvalue weighted by Gasteiger charge is 2.35. The van der Waals surface area contributed by atoms with Crippen molar-refractivity contribution in [3.05, 3.63) is 59.8 Å². The van der Waals surface area contributed by atoms with Crippen molar-refractivity contribution in [2.75, 3.05) is 47.7 Å². The number of carbonyl (C=O) groups excluding carboxylic acids is 1. The number of aromatic nitrogens is 2. The van der Waals surface area contributed by atoms with Gasteiger partial charge in [-0.1, -0.05) is 0 Å². The second-order valence-electron chi connectivity index (χ2n) is 8.65. The summed E-state index contributed by atoms with van der Waals surface area (Å²) >= 11 is 0. The van der Waals surface area contributed by atoms with Crippen LogP contribution >= 0.6 is 0 Å². The van der Waals surface area contributed by atoms with Crippen molar-refractivity contribution in [2.45, 2.75) is 25.3 Å². The Morgan fingerprint density at radius 3 is 2.65 bits per heavy atom. The Labute approximate surface area is 211 Å². The Bertz CT molecular complexity index is 1290. The summed E-state index contributed by atoms with van der Waals surface area (Å²) in [5.41, 5.74) is 2.52. The lowest BCUT2D eigenvalue weighted by molar-refractivity contribution is -0.137. The minimum atomic E-state index is -4.65. The Kier molecular flexibility index (Phi) is 6.85. The fourth-order valence-corrected chi connectivity index (χ4v) is 4.22. The number of fused-ring (bicyclic) bond motifs is 1. The van der Waals surface area contributed by atoms with Crippen LogP contribution in [-0.2, 0) is 26.9 Å². The van der Waals surface area contributed by atoms with Gasteiger partial charge in [0.1, 0.15) is 11.4 Å². The van der Waals surface area contributed by atoms with Gasteiger partial charge in [0.2, 0.25) is 11.9 Å². The second-order valence-corrected chi connectivity index (χ2v) is 8.65. The zero-order valence-electron chi connectivity index (χ0n) is 19.9. The second kappa shape index (κ2) is 10.2. The number of morpholine rings is 1. The van der Waals surface area contributed by atoms with Crippen molar-refractivity contribution in [1.29, 1.82) is 0 Å². The van der Waals surface area contributed by atoms with Crippen molar-refractivity contribution >= 4 is 40.4 Å². The number of hydrogen-bond donors (Lipinski definition) is 3. The molecule has 37 heavy (non-hydrogen) atoms. The van der Waals surface area contributed by atoms with Gasteiger partial charge in [-0.2, -0.15) is 18.2 Å². The van der Waals surface area contributed by atoms with Crippen molar-refractivity contribution in [1.82, 2.24) is 9.97 Å². The van der Waals surface area contributed by atoms with Crippen molar-refractivity contribution in [3.8, 4) is 0 Å². The van der Waals surface area contributed by atoms with Gasteiger partial charge in [-0.3, -0.25) is 4.79 Å². The lowest BCUT2D eigenvalue weighted by atomic mass is 10.0. The lowest BCUT2D eigenvalue weighted by Gasteiger charge is -2.33. The molecule has 2 aromatic carbocycles. The molecule has 0 aliphatic carbocycles. The van der Waals surface area contributed by atoms with Crippen LogP contribution in [0.15, 0.2) is 48.7 Å². The summed E-state index contributed by atoms with van der Waals surface area (Å²) < 4.78 is 51.8. The maximum atomic E-state index is 13.7. The monoisotopic (exact) mass is 514 g/mol. The van der Waals surface area contributed by atoms with Gasteiger partial charge in [-0.25, -0.2) is 4.98 Å². The fourth-order valence-electron chi connectivity index (χ4n) is 4.22. The van der Waals surface area contributed by atoms with E-state index in [0.29, 0.717) is 43.1 Å². The summed E-state index contributed by atoms with van der Waals surface area (Å²) in [7, 11) is 1.60. The number of aryl methyl sites for hydroxylation is 1. The van der Waals surface area contributed by atoms with Crippen LogP contribution in [0.5, 0.6) is 0 Å². The van der Waals surface area contributed by atoms with E-state index in [4.69, 9.17) is 9.47 Å². The zero-order chi connectivity index (χ0) is 26.0. The highest BCUT2D eigenvalue weighted by Crippen LogP contribution is 2.36. The molecular weight excluding hydrogens is 489 g/mol. The van der Waals surface area contributed by atoms with Gasteiger partial charge < -0.3 is 30.3 Å². The van der Waals surface area contributed by atoms with Gasteiger partial charge in [-0.05, 0) is 54.4 Å². The molecule has 3 heterocycles. The molecule has 5 rings (SSSR count). The van der Waals surface area contributed by atoms with Crippen LogP contribution in [0.3, 0.4) is 0 Å². The number of amides is 1. The molecule has 1 fully saturated rings. The minimum absolute atomic E-state index is 0.0132. The number of ether oxygens (including phenoxy) is 2. The van der Waals surface area contributed by atoms with Crippen LogP contribution < -0.4 is 20.9 Å². The highest BCUT2D eigenvalue weighted by atomic mass is 19.4. The van der Waals surface area contributed by atoms with Crippen LogP contribution in [0, 0.1) is 0 Å². The van der Waals surface area contributed by atoms with E-state index >= 15 is 0 Å². The molecule has 9 nitrogen and oxygen atoms in total. The highest BCUT2D eigenvalue weighted by molar-refractivity contribution is 5.94. The first kappa shape index (κ1) is 24.8. The number of carbonyl (C=O) groups is 1. The van der Waals surface area contributed by atoms with E-state index in [-0.39, 0.29) is 24.0 Å². The normalized spacial score (nSPS) is 17.7. The molecule has 0 saturated carbocycles. The number of alkyl halides is 3. The Morgan fingerprint density at radius 1 is 1.11 bits per heavy atom. The third-order valence-corrected chi connectivity index (χ3v) is 6.14. The van der Waals surface area contributed by atoms with E-state index in [2.05, 4.69) is 30.8 Å². The number of rotatable bonds is 6. The molecule has 1 amide bonds. The topological polar surface area (TPSA) is 101 Å². The molecule has 3 aromatic rings. The summed E-state index contributed by atoms with van der Waals surface area (Å²) in [6.45, 7) is 1.86. The van der Waals surface area contributed by atoms with E-state index in [1.807, 2.05) is 12.1 Å². The third kappa shape index (κ3) is 5.75. The Morgan fingerprint density at radius 2 is 1.89 bits per heavy atom. The van der Waals surface area contributed by atoms with Gasteiger partial charge in [0.25, 0.3) is 0 Å². The number of anilines is 6. The summed E-state index contributed by atoms with van der Waals surface area (Å²) in [6.07, 6.45) is -3.37. The molecule has 1 atom stereocenters. The first-order valence-electron chi connectivity index (χ1n) is 11.7. The van der Waals surface area contributed by atoms with Crippen LogP contribution in [-0.4, -0.2) is 49.0 Å².